The first-order chi connectivity index (χ1) is 9.06. The summed E-state index contributed by atoms with van der Waals surface area (Å²) in [6.07, 6.45) is 0. The predicted octanol–water partition coefficient (Wildman–Crippen LogP) is 4.48. The second kappa shape index (κ2) is 5.91. The molecule has 0 bridgehead atoms. The van der Waals surface area contributed by atoms with Gasteiger partial charge in [-0.05, 0) is 30.3 Å². The van der Waals surface area contributed by atoms with Crippen LogP contribution in [0.25, 0.3) is 0 Å². The van der Waals surface area contributed by atoms with Crippen LogP contribution in [0.1, 0.15) is 5.56 Å². The summed E-state index contributed by atoms with van der Waals surface area (Å²) in [6, 6.07) is 11.2. The lowest BCUT2D eigenvalue weighted by Gasteiger charge is -2.07. The lowest BCUT2D eigenvalue weighted by Crippen LogP contribution is -1.97. The molecule has 0 spiro atoms. The lowest BCUT2D eigenvalue weighted by atomic mass is 10.2. The molecule has 0 saturated carbocycles. The Kier molecular flexibility index (Phi) is 4.24. The number of non-ortho nitro benzene ring substituents is 1. The number of nitro groups is 1. The van der Waals surface area contributed by atoms with Crippen molar-refractivity contribution in [3.63, 3.8) is 0 Å². The van der Waals surface area contributed by atoms with Gasteiger partial charge >= 0.3 is 0 Å². The van der Waals surface area contributed by atoms with E-state index in [1.54, 1.807) is 30.3 Å². The fourth-order valence-electron chi connectivity index (χ4n) is 1.46. The molecule has 98 valence electrons. The van der Waals surface area contributed by atoms with E-state index in [0.717, 1.165) is 0 Å². The van der Waals surface area contributed by atoms with E-state index in [2.05, 4.69) is 0 Å². The molecular formula is C13H9Cl2NO3. The maximum Gasteiger partial charge on any atom is 0.270 e. The number of nitro benzene ring substituents is 1. The van der Waals surface area contributed by atoms with E-state index in [1.807, 2.05) is 0 Å². The van der Waals surface area contributed by atoms with Crippen LogP contribution < -0.4 is 4.74 Å². The number of ether oxygens (including phenoxy) is 1. The SMILES string of the molecule is O=[N+]([O-])c1ccc(COc2ccc(Cl)cc2)c(Cl)c1. The van der Waals surface area contributed by atoms with Crippen LogP contribution in [-0.4, -0.2) is 4.92 Å². The number of hydrogen-bond acceptors (Lipinski definition) is 3. The standard InChI is InChI=1S/C13H9Cl2NO3/c14-10-2-5-12(6-3-10)19-8-9-1-4-11(16(17)18)7-13(9)15/h1-7H,8H2. The molecule has 0 aromatic heterocycles. The van der Waals surface area contributed by atoms with Gasteiger partial charge in [0, 0.05) is 22.7 Å². The summed E-state index contributed by atoms with van der Waals surface area (Å²) in [5.74, 6) is 0.652. The summed E-state index contributed by atoms with van der Waals surface area (Å²) in [6.45, 7) is 0.235. The van der Waals surface area contributed by atoms with Gasteiger partial charge in [-0.25, -0.2) is 0 Å². The van der Waals surface area contributed by atoms with Crippen LogP contribution in [0.4, 0.5) is 5.69 Å². The third kappa shape index (κ3) is 3.59. The highest BCUT2D eigenvalue weighted by Crippen LogP contribution is 2.24. The van der Waals surface area contributed by atoms with Crippen molar-refractivity contribution in [3.05, 3.63) is 68.2 Å². The van der Waals surface area contributed by atoms with Gasteiger partial charge in [-0.1, -0.05) is 23.2 Å². The second-order valence-corrected chi connectivity index (χ2v) is 4.62. The minimum Gasteiger partial charge on any atom is -0.489 e. The maximum absolute atomic E-state index is 10.6. The third-order valence-corrected chi connectivity index (χ3v) is 3.06. The van der Waals surface area contributed by atoms with Gasteiger partial charge in [-0.2, -0.15) is 0 Å². The van der Waals surface area contributed by atoms with E-state index in [4.69, 9.17) is 27.9 Å². The molecule has 2 aromatic carbocycles. The van der Waals surface area contributed by atoms with Crippen molar-refractivity contribution in [1.82, 2.24) is 0 Å². The van der Waals surface area contributed by atoms with Gasteiger partial charge < -0.3 is 4.74 Å². The van der Waals surface area contributed by atoms with Crippen LogP contribution in [0.2, 0.25) is 10.0 Å². The van der Waals surface area contributed by atoms with Crippen molar-refractivity contribution >= 4 is 28.9 Å². The normalized spacial score (nSPS) is 10.2. The molecule has 0 atom stereocenters. The molecule has 4 nitrogen and oxygen atoms in total. The second-order valence-electron chi connectivity index (χ2n) is 3.78. The molecule has 0 N–H and O–H groups in total. The molecule has 2 rings (SSSR count). The first-order valence-electron chi connectivity index (χ1n) is 5.37. The van der Waals surface area contributed by atoms with Crippen molar-refractivity contribution in [2.75, 3.05) is 0 Å². The molecule has 6 heteroatoms. The van der Waals surface area contributed by atoms with E-state index in [9.17, 15) is 10.1 Å². The first-order valence-corrected chi connectivity index (χ1v) is 6.13. The summed E-state index contributed by atoms with van der Waals surface area (Å²) in [5.41, 5.74) is 0.641. The molecule has 0 fully saturated rings. The van der Waals surface area contributed by atoms with Crippen LogP contribution in [0.3, 0.4) is 0 Å². The Labute approximate surface area is 119 Å². The van der Waals surface area contributed by atoms with Crippen molar-refractivity contribution in [3.8, 4) is 5.75 Å². The van der Waals surface area contributed by atoms with Gasteiger partial charge in [0.05, 0.1) is 9.95 Å². The average Bonchev–Trinajstić information content (AvgIpc) is 2.39. The monoisotopic (exact) mass is 297 g/mol. The van der Waals surface area contributed by atoms with Crippen LogP contribution in [0, 0.1) is 10.1 Å². The molecule has 0 unspecified atom stereocenters. The minimum atomic E-state index is -0.490. The fourth-order valence-corrected chi connectivity index (χ4v) is 1.81. The number of hydrogen-bond donors (Lipinski definition) is 0. The summed E-state index contributed by atoms with van der Waals surface area (Å²) in [7, 11) is 0. The Hall–Kier alpha value is -1.78. The van der Waals surface area contributed by atoms with E-state index in [1.165, 1.54) is 12.1 Å². The molecule has 0 aliphatic rings. The molecular weight excluding hydrogens is 289 g/mol. The largest absolute Gasteiger partial charge is 0.489 e. The fraction of sp³-hybridized carbons (Fsp3) is 0.0769. The predicted molar refractivity (Wildman–Crippen MR) is 73.9 cm³/mol. The van der Waals surface area contributed by atoms with Crippen LogP contribution in [0.5, 0.6) is 5.75 Å². The molecule has 2 aromatic rings. The Bertz CT molecular complexity index is 599. The third-order valence-electron chi connectivity index (χ3n) is 2.46. The van der Waals surface area contributed by atoms with Crippen molar-refractivity contribution < 1.29 is 9.66 Å². The van der Waals surface area contributed by atoms with Crippen LogP contribution >= 0.6 is 23.2 Å². The van der Waals surface area contributed by atoms with Gasteiger partial charge in [0.2, 0.25) is 0 Å². The van der Waals surface area contributed by atoms with Gasteiger partial charge in [-0.15, -0.1) is 0 Å². The Balaban J connectivity index is 2.07. The highest BCUT2D eigenvalue weighted by atomic mass is 35.5. The molecule has 0 radical (unpaired) electrons. The molecule has 0 aliphatic heterocycles. The first kappa shape index (κ1) is 13.6. The van der Waals surface area contributed by atoms with Gasteiger partial charge in [0.25, 0.3) is 5.69 Å². The van der Waals surface area contributed by atoms with Crippen LogP contribution in [-0.2, 0) is 6.61 Å². The number of rotatable bonds is 4. The zero-order chi connectivity index (χ0) is 13.8. The Morgan fingerprint density at radius 1 is 1.11 bits per heavy atom. The van der Waals surface area contributed by atoms with Gasteiger partial charge in [0.15, 0.2) is 0 Å². The lowest BCUT2D eigenvalue weighted by molar-refractivity contribution is -0.384. The Morgan fingerprint density at radius 3 is 2.37 bits per heavy atom. The maximum atomic E-state index is 10.6. The summed E-state index contributed by atoms with van der Waals surface area (Å²) in [5, 5.41) is 11.5. The highest BCUT2D eigenvalue weighted by Gasteiger charge is 2.09. The van der Waals surface area contributed by atoms with Crippen LogP contribution in [0.15, 0.2) is 42.5 Å². The van der Waals surface area contributed by atoms with Crippen molar-refractivity contribution in [2.24, 2.45) is 0 Å². The average molecular weight is 298 g/mol. The van der Waals surface area contributed by atoms with Gasteiger partial charge in [0.1, 0.15) is 12.4 Å². The molecule has 0 saturated heterocycles. The molecule has 19 heavy (non-hydrogen) atoms. The molecule has 0 amide bonds. The highest BCUT2D eigenvalue weighted by molar-refractivity contribution is 6.31. The number of benzene rings is 2. The quantitative estimate of drug-likeness (QED) is 0.617. The van der Waals surface area contributed by atoms with E-state index < -0.39 is 4.92 Å². The summed E-state index contributed by atoms with van der Waals surface area (Å²) < 4.78 is 5.52. The topological polar surface area (TPSA) is 52.4 Å². The summed E-state index contributed by atoms with van der Waals surface area (Å²) >= 11 is 11.7. The molecule has 0 aliphatic carbocycles. The Morgan fingerprint density at radius 2 is 1.79 bits per heavy atom. The van der Waals surface area contributed by atoms with Crippen molar-refractivity contribution in [1.29, 1.82) is 0 Å². The minimum absolute atomic E-state index is 0.0414. The smallest absolute Gasteiger partial charge is 0.270 e. The zero-order valence-corrected chi connectivity index (χ0v) is 11.2. The summed E-state index contributed by atoms with van der Waals surface area (Å²) in [4.78, 5) is 10.1. The van der Waals surface area contributed by atoms with Crippen molar-refractivity contribution in [2.45, 2.75) is 6.61 Å². The van der Waals surface area contributed by atoms with E-state index >= 15 is 0 Å². The van der Waals surface area contributed by atoms with E-state index in [0.29, 0.717) is 21.4 Å². The molecule has 0 heterocycles. The van der Waals surface area contributed by atoms with Gasteiger partial charge in [-0.3, -0.25) is 10.1 Å². The zero-order valence-electron chi connectivity index (χ0n) is 9.68. The number of nitrogens with zero attached hydrogens (tertiary/aromatic N) is 1. The number of halogens is 2. The van der Waals surface area contributed by atoms with E-state index in [-0.39, 0.29) is 12.3 Å².